The third-order valence-corrected chi connectivity index (χ3v) is 7.73. The van der Waals surface area contributed by atoms with Crippen LogP contribution in [0.2, 0.25) is 0 Å². The monoisotopic (exact) mass is 511 g/mol. The number of hydrogen-bond donors (Lipinski definition) is 0. The molecule has 0 aliphatic heterocycles. The summed E-state index contributed by atoms with van der Waals surface area (Å²) in [6.45, 7) is 0. The first-order chi connectivity index (χ1) is 19.9. The predicted molar refractivity (Wildman–Crippen MR) is 166 cm³/mol. The standard InChI is InChI=1S/C37H25N3/c1-2-15-28(16-3-1)39-36-24-11-7-20-32(36)38-37(39)27-14-12-13-26(25-27)29-17-4-8-21-33(29)40-34-22-9-5-18-30(34)31-19-6-10-23-35(31)40/h1-25H. The molecule has 0 atom stereocenters. The van der Waals surface area contributed by atoms with Gasteiger partial charge >= 0.3 is 0 Å². The summed E-state index contributed by atoms with van der Waals surface area (Å²) < 4.78 is 4.65. The zero-order valence-corrected chi connectivity index (χ0v) is 21.8. The minimum Gasteiger partial charge on any atom is -0.309 e. The largest absolute Gasteiger partial charge is 0.309 e. The van der Waals surface area contributed by atoms with E-state index in [0.29, 0.717) is 0 Å². The molecule has 188 valence electrons. The molecule has 0 unspecified atom stereocenters. The van der Waals surface area contributed by atoms with E-state index in [1.165, 1.54) is 27.4 Å². The highest BCUT2D eigenvalue weighted by atomic mass is 15.1. The predicted octanol–water partition coefficient (Wildman–Crippen LogP) is 9.46. The molecule has 0 amide bonds. The molecule has 0 saturated carbocycles. The van der Waals surface area contributed by atoms with Crippen molar-refractivity contribution in [3.8, 4) is 33.9 Å². The van der Waals surface area contributed by atoms with Gasteiger partial charge in [0, 0.05) is 27.6 Å². The van der Waals surface area contributed by atoms with Crippen molar-refractivity contribution in [1.82, 2.24) is 14.1 Å². The quantitative estimate of drug-likeness (QED) is 0.231. The van der Waals surface area contributed by atoms with Gasteiger partial charge in [-0.25, -0.2) is 4.98 Å². The van der Waals surface area contributed by atoms with Crippen molar-refractivity contribution in [3.05, 3.63) is 152 Å². The lowest BCUT2D eigenvalue weighted by Gasteiger charge is -2.15. The van der Waals surface area contributed by atoms with Crippen molar-refractivity contribution in [2.24, 2.45) is 0 Å². The molecule has 0 aliphatic rings. The molecule has 2 heterocycles. The number of aromatic nitrogens is 3. The van der Waals surface area contributed by atoms with Crippen LogP contribution >= 0.6 is 0 Å². The average Bonchev–Trinajstić information content (AvgIpc) is 3.58. The molecule has 0 saturated heterocycles. The minimum atomic E-state index is 0.934. The number of fused-ring (bicyclic) bond motifs is 4. The van der Waals surface area contributed by atoms with Crippen molar-refractivity contribution in [2.75, 3.05) is 0 Å². The third kappa shape index (κ3) is 3.49. The lowest BCUT2D eigenvalue weighted by atomic mass is 10.0. The molecule has 2 aromatic heterocycles. The summed E-state index contributed by atoms with van der Waals surface area (Å²) in [4.78, 5) is 5.11. The van der Waals surface area contributed by atoms with Crippen molar-refractivity contribution in [2.45, 2.75) is 0 Å². The van der Waals surface area contributed by atoms with Crippen molar-refractivity contribution >= 4 is 32.8 Å². The molecular formula is C37H25N3. The average molecular weight is 512 g/mol. The number of benzene rings is 6. The number of rotatable bonds is 4. The Labute approximate surface area is 232 Å². The van der Waals surface area contributed by atoms with Gasteiger partial charge in [-0.3, -0.25) is 4.57 Å². The molecule has 0 radical (unpaired) electrons. The van der Waals surface area contributed by atoms with E-state index in [1.807, 2.05) is 6.07 Å². The van der Waals surface area contributed by atoms with E-state index < -0.39 is 0 Å². The van der Waals surface area contributed by atoms with E-state index in [1.54, 1.807) is 0 Å². The molecule has 6 aromatic carbocycles. The van der Waals surface area contributed by atoms with Gasteiger partial charge in [-0.05, 0) is 54.1 Å². The fourth-order valence-corrected chi connectivity index (χ4v) is 5.98. The van der Waals surface area contributed by atoms with Gasteiger partial charge in [0.2, 0.25) is 0 Å². The minimum absolute atomic E-state index is 0.934. The van der Waals surface area contributed by atoms with Crippen molar-refractivity contribution in [1.29, 1.82) is 0 Å². The Bertz CT molecular complexity index is 2110. The molecule has 0 N–H and O–H groups in total. The van der Waals surface area contributed by atoms with Crippen LogP contribution < -0.4 is 0 Å². The Hall–Kier alpha value is -5.41. The summed E-state index contributed by atoms with van der Waals surface area (Å²) in [6, 6.07) is 53.6. The third-order valence-electron chi connectivity index (χ3n) is 7.73. The zero-order chi connectivity index (χ0) is 26.5. The second-order valence-electron chi connectivity index (χ2n) is 10.1. The summed E-state index contributed by atoms with van der Waals surface area (Å²) in [6.07, 6.45) is 0. The van der Waals surface area contributed by atoms with Gasteiger partial charge in [-0.2, -0.15) is 0 Å². The van der Waals surface area contributed by atoms with Gasteiger partial charge in [0.25, 0.3) is 0 Å². The SMILES string of the molecule is c1ccc(-n2c(-c3cccc(-c4ccccc4-n4c5ccccc5c5ccccc54)c3)nc3ccccc32)cc1. The van der Waals surface area contributed by atoms with Crippen LogP contribution in [0.5, 0.6) is 0 Å². The first-order valence-electron chi connectivity index (χ1n) is 13.6. The van der Waals surface area contributed by atoms with E-state index >= 15 is 0 Å². The Morgan fingerprint density at radius 2 is 1.02 bits per heavy atom. The first-order valence-corrected chi connectivity index (χ1v) is 13.6. The van der Waals surface area contributed by atoms with E-state index in [-0.39, 0.29) is 0 Å². The van der Waals surface area contributed by atoms with Crippen LogP contribution in [0.15, 0.2) is 152 Å². The number of hydrogen-bond acceptors (Lipinski definition) is 1. The van der Waals surface area contributed by atoms with Gasteiger partial charge < -0.3 is 4.57 Å². The van der Waals surface area contributed by atoms with E-state index in [4.69, 9.17) is 4.98 Å². The maximum atomic E-state index is 5.11. The number of para-hydroxylation sites is 6. The van der Waals surface area contributed by atoms with Crippen LogP contribution in [0, 0.1) is 0 Å². The molecule has 0 spiro atoms. The fourth-order valence-electron chi connectivity index (χ4n) is 5.98. The smallest absolute Gasteiger partial charge is 0.145 e. The van der Waals surface area contributed by atoms with E-state index in [2.05, 4.69) is 155 Å². The normalized spacial score (nSPS) is 11.5. The van der Waals surface area contributed by atoms with Crippen LogP contribution in [0.1, 0.15) is 0 Å². The summed E-state index contributed by atoms with van der Waals surface area (Å²) in [5.74, 6) is 0.934. The highest BCUT2D eigenvalue weighted by molar-refractivity contribution is 6.09. The Kier molecular flexibility index (Phi) is 5.14. The molecule has 8 aromatic rings. The molecule has 0 bridgehead atoms. The summed E-state index contributed by atoms with van der Waals surface area (Å²) >= 11 is 0. The van der Waals surface area contributed by atoms with Gasteiger partial charge in [0.15, 0.2) is 0 Å². The summed E-state index contributed by atoms with van der Waals surface area (Å²) in [7, 11) is 0. The fraction of sp³-hybridized carbons (Fsp3) is 0. The maximum Gasteiger partial charge on any atom is 0.145 e. The Balaban J connectivity index is 1.35. The Morgan fingerprint density at radius 1 is 0.425 bits per heavy atom. The van der Waals surface area contributed by atoms with Gasteiger partial charge in [-0.1, -0.05) is 103 Å². The number of nitrogens with zero attached hydrogens (tertiary/aromatic N) is 3. The second-order valence-corrected chi connectivity index (χ2v) is 10.1. The molecule has 8 rings (SSSR count). The summed E-state index contributed by atoms with van der Waals surface area (Å²) in [5.41, 5.74) is 10.2. The Morgan fingerprint density at radius 3 is 1.80 bits per heavy atom. The molecule has 3 heteroatoms. The first kappa shape index (κ1) is 22.6. The highest BCUT2D eigenvalue weighted by Gasteiger charge is 2.17. The van der Waals surface area contributed by atoms with Crippen LogP contribution in [0.4, 0.5) is 0 Å². The van der Waals surface area contributed by atoms with Gasteiger partial charge in [-0.15, -0.1) is 0 Å². The maximum absolute atomic E-state index is 5.11. The number of imidazole rings is 1. The van der Waals surface area contributed by atoms with Gasteiger partial charge in [0.05, 0.1) is 27.8 Å². The summed E-state index contributed by atoms with van der Waals surface area (Å²) in [5, 5.41) is 2.52. The van der Waals surface area contributed by atoms with E-state index in [0.717, 1.165) is 39.4 Å². The van der Waals surface area contributed by atoms with Crippen LogP contribution in [0.25, 0.3) is 66.7 Å². The van der Waals surface area contributed by atoms with Crippen LogP contribution in [-0.4, -0.2) is 14.1 Å². The highest BCUT2D eigenvalue weighted by Crippen LogP contribution is 2.37. The molecular weight excluding hydrogens is 486 g/mol. The van der Waals surface area contributed by atoms with Gasteiger partial charge in [0.1, 0.15) is 5.82 Å². The van der Waals surface area contributed by atoms with Crippen molar-refractivity contribution < 1.29 is 0 Å². The topological polar surface area (TPSA) is 22.8 Å². The lowest BCUT2D eigenvalue weighted by molar-refractivity contribution is 1.10. The van der Waals surface area contributed by atoms with Crippen molar-refractivity contribution in [3.63, 3.8) is 0 Å². The zero-order valence-electron chi connectivity index (χ0n) is 21.8. The lowest BCUT2D eigenvalue weighted by Crippen LogP contribution is -1.99. The molecule has 40 heavy (non-hydrogen) atoms. The molecule has 0 aliphatic carbocycles. The molecule has 3 nitrogen and oxygen atoms in total. The van der Waals surface area contributed by atoms with Crippen LogP contribution in [-0.2, 0) is 0 Å². The van der Waals surface area contributed by atoms with Crippen LogP contribution in [0.3, 0.4) is 0 Å². The second kappa shape index (κ2) is 9.11. The van der Waals surface area contributed by atoms with E-state index in [9.17, 15) is 0 Å². The molecule has 0 fully saturated rings.